The van der Waals surface area contributed by atoms with Crippen LogP contribution in [0.1, 0.15) is 25.7 Å². The van der Waals surface area contributed by atoms with Crippen molar-refractivity contribution in [2.45, 2.75) is 31.7 Å². The Bertz CT molecular complexity index is 929. The van der Waals surface area contributed by atoms with Crippen LogP contribution in [0.3, 0.4) is 0 Å². The van der Waals surface area contributed by atoms with Crippen molar-refractivity contribution < 1.29 is 18.4 Å². The van der Waals surface area contributed by atoms with E-state index in [2.05, 4.69) is 15.3 Å². The Morgan fingerprint density at radius 2 is 1.87 bits per heavy atom. The summed E-state index contributed by atoms with van der Waals surface area (Å²) in [6.45, 7) is 1.19. The first-order valence-electron chi connectivity index (χ1n) is 9.99. The summed E-state index contributed by atoms with van der Waals surface area (Å²) in [4.78, 5) is 36.5. The van der Waals surface area contributed by atoms with Gasteiger partial charge < -0.3 is 9.80 Å². The first-order chi connectivity index (χ1) is 14.4. The predicted molar refractivity (Wildman–Crippen MR) is 106 cm³/mol. The number of benzene rings is 1. The van der Waals surface area contributed by atoms with Crippen LogP contribution in [0.25, 0.3) is 11.3 Å². The molecule has 1 saturated heterocycles. The van der Waals surface area contributed by atoms with Crippen LogP contribution >= 0.6 is 0 Å². The second-order valence-electron chi connectivity index (χ2n) is 7.92. The van der Waals surface area contributed by atoms with Gasteiger partial charge in [-0.3, -0.25) is 15.1 Å². The number of nitrogens with one attached hydrogen (secondary N) is 1. The van der Waals surface area contributed by atoms with E-state index >= 15 is 0 Å². The summed E-state index contributed by atoms with van der Waals surface area (Å²) in [5, 5.41) is 2.67. The first-order valence-corrected chi connectivity index (χ1v) is 9.99. The topological polar surface area (TPSA) is 78.4 Å². The Hall–Kier alpha value is -3.10. The number of nitrogens with zero attached hydrogens (tertiary/aromatic N) is 4. The highest BCUT2D eigenvalue weighted by atomic mass is 19.1. The van der Waals surface area contributed by atoms with Crippen LogP contribution in [0.5, 0.6) is 0 Å². The monoisotopic (exact) mass is 415 g/mol. The van der Waals surface area contributed by atoms with E-state index in [0.717, 1.165) is 37.5 Å². The lowest BCUT2D eigenvalue weighted by atomic mass is 10.1. The Balaban J connectivity index is 1.33. The number of carbonyl (C=O) groups excluding carboxylic acids is 2. The van der Waals surface area contributed by atoms with E-state index in [1.807, 2.05) is 4.90 Å². The summed E-state index contributed by atoms with van der Waals surface area (Å²) in [5.74, 6) is -0.460. The van der Waals surface area contributed by atoms with Crippen molar-refractivity contribution in [3.05, 3.63) is 42.2 Å². The van der Waals surface area contributed by atoms with Crippen molar-refractivity contribution in [3.63, 3.8) is 0 Å². The summed E-state index contributed by atoms with van der Waals surface area (Å²) in [6.07, 6.45) is 6.30. The minimum absolute atomic E-state index is 0.0596. The largest absolute Gasteiger partial charge is 0.341 e. The van der Waals surface area contributed by atoms with Gasteiger partial charge in [-0.05, 0) is 37.3 Å². The maximum atomic E-state index is 13.4. The van der Waals surface area contributed by atoms with E-state index in [0.29, 0.717) is 31.1 Å². The molecule has 30 heavy (non-hydrogen) atoms. The van der Waals surface area contributed by atoms with Crippen LogP contribution in [-0.4, -0.2) is 57.9 Å². The molecule has 1 aliphatic heterocycles. The standard InChI is InChI=1S/C21H23F2N5O2/c1-27(17-4-5-28(12-17)20(29)6-13-2-3-13)21(30)26-19-11-24-18(10-25-19)14-7-15(22)9-16(23)8-14/h7-11,13,17H,2-6,12H2,1H3,(H,25,26,30). The molecule has 7 nitrogen and oxygen atoms in total. The lowest BCUT2D eigenvalue weighted by Crippen LogP contribution is -2.42. The number of hydrogen-bond donors (Lipinski definition) is 1. The molecule has 158 valence electrons. The summed E-state index contributed by atoms with van der Waals surface area (Å²) >= 11 is 0. The van der Waals surface area contributed by atoms with Gasteiger partial charge in [0.25, 0.3) is 0 Å². The summed E-state index contributed by atoms with van der Waals surface area (Å²) in [5.41, 5.74) is 0.553. The molecule has 4 rings (SSSR count). The third kappa shape index (κ3) is 4.72. The number of likely N-dealkylation sites (N-methyl/N-ethyl adjacent to an activating group) is 1. The van der Waals surface area contributed by atoms with Crippen molar-refractivity contribution in [2.75, 3.05) is 25.5 Å². The fourth-order valence-electron chi connectivity index (χ4n) is 3.59. The van der Waals surface area contributed by atoms with Crippen LogP contribution in [0, 0.1) is 17.6 Å². The Morgan fingerprint density at radius 1 is 1.13 bits per heavy atom. The van der Waals surface area contributed by atoms with E-state index in [9.17, 15) is 18.4 Å². The van der Waals surface area contributed by atoms with Gasteiger partial charge in [-0.15, -0.1) is 0 Å². The molecule has 1 unspecified atom stereocenters. The molecular weight excluding hydrogens is 392 g/mol. The van der Waals surface area contributed by atoms with Gasteiger partial charge in [-0.25, -0.2) is 18.6 Å². The van der Waals surface area contributed by atoms with Crippen molar-refractivity contribution >= 4 is 17.8 Å². The zero-order valence-electron chi connectivity index (χ0n) is 16.6. The number of urea groups is 1. The number of halogens is 2. The van der Waals surface area contributed by atoms with Gasteiger partial charge in [0.2, 0.25) is 5.91 Å². The third-order valence-corrected chi connectivity index (χ3v) is 5.59. The fourth-order valence-corrected chi connectivity index (χ4v) is 3.59. The van der Waals surface area contributed by atoms with Crippen LogP contribution in [-0.2, 0) is 4.79 Å². The molecular formula is C21H23F2N5O2. The van der Waals surface area contributed by atoms with E-state index < -0.39 is 11.6 Å². The molecule has 2 aromatic rings. The average Bonchev–Trinajstić information content (AvgIpc) is 3.38. The van der Waals surface area contributed by atoms with Crippen LogP contribution in [0.2, 0.25) is 0 Å². The highest BCUT2D eigenvalue weighted by Gasteiger charge is 2.33. The molecule has 2 fully saturated rings. The quantitative estimate of drug-likeness (QED) is 0.813. The SMILES string of the molecule is CN(C(=O)Nc1cnc(-c2cc(F)cc(F)c2)cn1)C1CCN(C(=O)CC2CC2)C1. The van der Waals surface area contributed by atoms with Gasteiger partial charge in [-0.2, -0.15) is 0 Å². The van der Waals surface area contributed by atoms with Gasteiger partial charge in [0.1, 0.15) is 11.6 Å². The van der Waals surface area contributed by atoms with E-state index in [1.54, 1.807) is 11.9 Å². The van der Waals surface area contributed by atoms with Gasteiger partial charge in [0.05, 0.1) is 24.1 Å². The second kappa shape index (κ2) is 8.33. The molecule has 9 heteroatoms. The Morgan fingerprint density at radius 3 is 2.50 bits per heavy atom. The highest BCUT2D eigenvalue weighted by molar-refractivity contribution is 5.88. The predicted octanol–water partition coefficient (Wildman–Crippen LogP) is 3.29. The molecule has 1 saturated carbocycles. The number of likely N-dealkylation sites (tertiary alicyclic amines) is 1. The molecule has 2 heterocycles. The second-order valence-corrected chi connectivity index (χ2v) is 7.92. The number of amides is 3. The zero-order valence-corrected chi connectivity index (χ0v) is 16.6. The lowest BCUT2D eigenvalue weighted by molar-refractivity contribution is -0.130. The van der Waals surface area contributed by atoms with Crippen molar-refractivity contribution in [1.82, 2.24) is 19.8 Å². The smallest absolute Gasteiger partial charge is 0.323 e. The number of carbonyl (C=O) groups is 2. The Kier molecular flexibility index (Phi) is 5.61. The van der Waals surface area contributed by atoms with Gasteiger partial charge in [0.15, 0.2) is 5.82 Å². The van der Waals surface area contributed by atoms with Crippen molar-refractivity contribution in [3.8, 4) is 11.3 Å². The van der Waals surface area contributed by atoms with E-state index in [1.165, 1.54) is 12.4 Å². The van der Waals surface area contributed by atoms with Crippen LogP contribution in [0.15, 0.2) is 30.6 Å². The van der Waals surface area contributed by atoms with Crippen LogP contribution < -0.4 is 5.32 Å². The number of rotatable bonds is 5. The average molecular weight is 415 g/mol. The molecule has 0 radical (unpaired) electrons. The summed E-state index contributed by atoms with van der Waals surface area (Å²) < 4.78 is 26.7. The fraction of sp³-hybridized carbons (Fsp3) is 0.429. The van der Waals surface area contributed by atoms with Gasteiger partial charge in [-0.1, -0.05) is 0 Å². The van der Waals surface area contributed by atoms with E-state index in [4.69, 9.17) is 0 Å². The number of aromatic nitrogens is 2. The zero-order chi connectivity index (χ0) is 21.3. The molecule has 1 aliphatic carbocycles. The summed E-state index contributed by atoms with van der Waals surface area (Å²) in [6, 6.07) is 2.70. The van der Waals surface area contributed by atoms with Gasteiger partial charge >= 0.3 is 6.03 Å². The lowest BCUT2D eigenvalue weighted by Gasteiger charge is -2.25. The van der Waals surface area contributed by atoms with Crippen molar-refractivity contribution in [2.24, 2.45) is 5.92 Å². The normalized spacial score (nSPS) is 18.4. The third-order valence-electron chi connectivity index (χ3n) is 5.59. The molecule has 1 aromatic heterocycles. The maximum absolute atomic E-state index is 13.4. The molecule has 1 atom stereocenters. The molecule has 0 spiro atoms. The van der Waals surface area contributed by atoms with Crippen molar-refractivity contribution in [1.29, 1.82) is 0 Å². The van der Waals surface area contributed by atoms with E-state index in [-0.39, 0.29) is 29.4 Å². The molecule has 2 aliphatic rings. The number of anilines is 1. The molecule has 1 N–H and O–H groups in total. The molecule has 3 amide bonds. The Labute approximate surface area is 173 Å². The maximum Gasteiger partial charge on any atom is 0.323 e. The molecule has 0 bridgehead atoms. The first kappa shape index (κ1) is 20.2. The minimum Gasteiger partial charge on any atom is -0.341 e. The van der Waals surface area contributed by atoms with Crippen LogP contribution in [0.4, 0.5) is 19.4 Å². The summed E-state index contributed by atoms with van der Waals surface area (Å²) in [7, 11) is 1.69. The molecule has 1 aromatic carbocycles. The minimum atomic E-state index is -0.702. The van der Waals surface area contributed by atoms with Gasteiger partial charge in [0, 0.05) is 38.2 Å². The highest BCUT2D eigenvalue weighted by Crippen LogP contribution is 2.33. The number of hydrogen-bond acceptors (Lipinski definition) is 4.